The van der Waals surface area contributed by atoms with Gasteiger partial charge in [0.1, 0.15) is 11.9 Å². The number of aromatic nitrogens is 1. The fourth-order valence-electron chi connectivity index (χ4n) is 5.01. The summed E-state index contributed by atoms with van der Waals surface area (Å²) in [4.78, 5) is 16.9. The summed E-state index contributed by atoms with van der Waals surface area (Å²) in [5.41, 5.74) is 0.0478. The number of ether oxygens (including phenoxy) is 3. The van der Waals surface area contributed by atoms with Gasteiger partial charge in [0.15, 0.2) is 17.2 Å². The highest BCUT2D eigenvalue weighted by Gasteiger charge is 2.52. The molecule has 0 atom stereocenters. The third-order valence-electron chi connectivity index (χ3n) is 6.88. The number of nitrogens with zero attached hydrogens (tertiary/aromatic N) is 1. The van der Waals surface area contributed by atoms with Crippen molar-refractivity contribution in [2.45, 2.75) is 50.2 Å². The molecule has 0 bridgehead atoms. The van der Waals surface area contributed by atoms with Crippen LogP contribution in [0.2, 0.25) is 0 Å². The normalized spacial score (nSPS) is 22.3. The minimum Gasteiger partial charge on any atom is -0.507 e. The lowest BCUT2D eigenvalue weighted by Crippen LogP contribution is -2.56. The molecule has 0 amide bonds. The van der Waals surface area contributed by atoms with Crippen LogP contribution in [-0.4, -0.2) is 52.7 Å². The number of hydrogen-bond acceptors (Lipinski definition) is 7. The Hall–Kier alpha value is -3.30. The number of aromatic hydroxyl groups is 1. The van der Waals surface area contributed by atoms with Crippen LogP contribution in [0.25, 0.3) is 21.9 Å². The third kappa shape index (κ3) is 4.37. The molecule has 7 nitrogen and oxygen atoms in total. The van der Waals surface area contributed by atoms with Crippen LogP contribution >= 0.6 is 0 Å². The Morgan fingerprint density at radius 1 is 1.17 bits per heavy atom. The fourth-order valence-corrected chi connectivity index (χ4v) is 5.01. The number of carbonyl (C=O) groups excluding carboxylic acids is 1. The first-order valence-corrected chi connectivity index (χ1v) is 12.1. The number of pyridine rings is 1. The second kappa shape index (κ2) is 9.63. The lowest BCUT2D eigenvalue weighted by Gasteiger charge is -2.40. The van der Waals surface area contributed by atoms with Gasteiger partial charge in [-0.25, -0.2) is 18.6 Å². The second-order valence-corrected chi connectivity index (χ2v) is 9.29. The van der Waals surface area contributed by atoms with Crippen LogP contribution in [0.15, 0.2) is 36.4 Å². The summed E-state index contributed by atoms with van der Waals surface area (Å²) < 4.78 is 44.6. The summed E-state index contributed by atoms with van der Waals surface area (Å²) >= 11 is 0. The lowest BCUT2D eigenvalue weighted by molar-refractivity contribution is -0.185. The molecule has 190 valence electrons. The summed E-state index contributed by atoms with van der Waals surface area (Å²) in [6.45, 7) is 2.89. The highest BCUT2D eigenvalue weighted by molar-refractivity contribution is 6.03. The van der Waals surface area contributed by atoms with Crippen molar-refractivity contribution in [2.24, 2.45) is 0 Å². The smallest absolute Gasteiger partial charge is 0.338 e. The van der Waals surface area contributed by atoms with E-state index in [4.69, 9.17) is 19.2 Å². The number of benzene rings is 2. The van der Waals surface area contributed by atoms with Crippen molar-refractivity contribution in [3.05, 3.63) is 53.7 Å². The maximum Gasteiger partial charge on any atom is 0.338 e. The van der Waals surface area contributed by atoms with Gasteiger partial charge in [0.25, 0.3) is 0 Å². The molecule has 2 aliphatic rings. The summed E-state index contributed by atoms with van der Waals surface area (Å²) in [7, 11) is 0. The average molecular weight is 500 g/mol. The van der Waals surface area contributed by atoms with Gasteiger partial charge in [-0.2, -0.15) is 0 Å². The minimum absolute atomic E-state index is 0.0279. The number of rotatable bonds is 6. The van der Waals surface area contributed by atoms with E-state index in [2.05, 4.69) is 0 Å². The highest BCUT2D eigenvalue weighted by atomic mass is 19.2. The van der Waals surface area contributed by atoms with Gasteiger partial charge in [0.05, 0.1) is 17.7 Å². The Balaban J connectivity index is 1.61. The second-order valence-electron chi connectivity index (χ2n) is 9.29. The molecule has 0 spiro atoms. The monoisotopic (exact) mass is 499 g/mol. The van der Waals surface area contributed by atoms with Crippen molar-refractivity contribution in [2.75, 3.05) is 19.8 Å². The van der Waals surface area contributed by atoms with Crippen LogP contribution in [-0.2, 0) is 14.3 Å². The Kier molecular flexibility index (Phi) is 6.53. The average Bonchev–Trinajstić information content (AvgIpc) is 2.85. The lowest BCUT2D eigenvalue weighted by atomic mass is 9.77. The van der Waals surface area contributed by atoms with Gasteiger partial charge in [-0.05, 0) is 43.5 Å². The predicted molar refractivity (Wildman–Crippen MR) is 127 cm³/mol. The standard InChI is InChI=1S/C27H27F2NO6/c1-2-35-26(32)27(33)13-17(14-27)36-25-23-18(4-3-5-21(23)31)22(16-6-7-19(28)20(29)12-16)24(30-25)15-8-10-34-11-9-15/h3-7,12,15,17,31,33H,2,8-11,13-14H2,1H3. The molecule has 1 saturated heterocycles. The maximum atomic E-state index is 14.3. The number of hydrogen-bond donors (Lipinski definition) is 2. The zero-order chi connectivity index (χ0) is 25.4. The van der Waals surface area contributed by atoms with Gasteiger partial charge in [-0.3, -0.25) is 0 Å². The molecule has 0 unspecified atom stereocenters. The van der Waals surface area contributed by atoms with Crippen LogP contribution in [0.3, 0.4) is 0 Å². The molecule has 2 fully saturated rings. The van der Waals surface area contributed by atoms with E-state index < -0.39 is 29.3 Å². The van der Waals surface area contributed by atoms with E-state index in [1.165, 1.54) is 12.1 Å². The van der Waals surface area contributed by atoms with Crippen LogP contribution in [0.5, 0.6) is 11.6 Å². The van der Waals surface area contributed by atoms with Gasteiger partial charge >= 0.3 is 5.97 Å². The summed E-state index contributed by atoms with van der Waals surface area (Å²) in [6.07, 6.45) is 0.894. The van der Waals surface area contributed by atoms with Crippen molar-refractivity contribution in [1.29, 1.82) is 0 Å². The van der Waals surface area contributed by atoms with Gasteiger partial charge in [-0.15, -0.1) is 0 Å². The number of halogens is 2. The quantitative estimate of drug-likeness (QED) is 0.478. The first kappa shape index (κ1) is 24.4. The minimum atomic E-state index is -1.62. The molecule has 1 saturated carbocycles. The molecule has 36 heavy (non-hydrogen) atoms. The number of phenols is 1. The molecule has 2 N–H and O–H groups in total. The molecule has 0 radical (unpaired) electrons. The predicted octanol–water partition coefficient (Wildman–Crippen LogP) is 4.62. The van der Waals surface area contributed by atoms with E-state index in [1.807, 2.05) is 0 Å². The van der Waals surface area contributed by atoms with Crippen molar-refractivity contribution in [1.82, 2.24) is 4.98 Å². The Morgan fingerprint density at radius 3 is 2.61 bits per heavy atom. The van der Waals surface area contributed by atoms with Gasteiger partial charge < -0.3 is 24.4 Å². The van der Waals surface area contributed by atoms with E-state index in [9.17, 15) is 23.8 Å². The summed E-state index contributed by atoms with van der Waals surface area (Å²) in [5.74, 6) is -2.59. The van der Waals surface area contributed by atoms with Crippen molar-refractivity contribution < 1.29 is 38.0 Å². The van der Waals surface area contributed by atoms with Crippen LogP contribution in [0.4, 0.5) is 8.78 Å². The van der Waals surface area contributed by atoms with E-state index >= 15 is 0 Å². The number of aliphatic hydroxyl groups is 1. The molecule has 2 heterocycles. The molecule has 2 aromatic carbocycles. The highest BCUT2D eigenvalue weighted by Crippen LogP contribution is 2.46. The van der Waals surface area contributed by atoms with Gasteiger partial charge in [0.2, 0.25) is 5.88 Å². The van der Waals surface area contributed by atoms with Crippen LogP contribution in [0.1, 0.15) is 44.2 Å². The zero-order valence-electron chi connectivity index (χ0n) is 19.8. The van der Waals surface area contributed by atoms with Crippen molar-refractivity contribution in [3.63, 3.8) is 0 Å². The number of fused-ring (bicyclic) bond motifs is 1. The molecule has 5 rings (SSSR count). The summed E-state index contributed by atoms with van der Waals surface area (Å²) in [6, 6.07) is 8.64. The Bertz CT molecular complexity index is 1300. The molecular weight excluding hydrogens is 472 g/mol. The van der Waals surface area contributed by atoms with Crippen molar-refractivity contribution in [3.8, 4) is 22.8 Å². The van der Waals surface area contributed by atoms with Crippen LogP contribution < -0.4 is 4.74 Å². The largest absolute Gasteiger partial charge is 0.507 e. The van der Waals surface area contributed by atoms with Gasteiger partial charge in [0, 0.05) is 42.9 Å². The molecular formula is C27H27F2NO6. The van der Waals surface area contributed by atoms with Gasteiger partial charge in [-0.1, -0.05) is 18.2 Å². The third-order valence-corrected chi connectivity index (χ3v) is 6.88. The topological polar surface area (TPSA) is 98.1 Å². The first-order chi connectivity index (χ1) is 17.3. The van der Waals surface area contributed by atoms with E-state index in [-0.39, 0.29) is 37.0 Å². The molecule has 9 heteroatoms. The molecule has 1 aliphatic heterocycles. The zero-order valence-corrected chi connectivity index (χ0v) is 19.8. The van der Waals surface area contributed by atoms with E-state index in [0.29, 0.717) is 53.6 Å². The van der Waals surface area contributed by atoms with E-state index in [1.54, 1.807) is 19.1 Å². The summed E-state index contributed by atoms with van der Waals surface area (Å²) in [5, 5.41) is 22.2. The van der Waals surface area contributed by atoms with Crippen LogP contribution in [0, 0.1) is 11.6 Å². The number of phenolic OH excluding ortho intramolecular Hbond substituents is 1. The number of esters is 1. The van der Waals surface area contributed by atoms with E-state index in [0.717, 1.165) is 12.1 Å². The Morgan fingerprint density at radius 2 is 1.92 bits per heavy atom. The molecule has 1 aliphatic carbocycles. The maximum absolute atomic E-state index is 14.3. The fraction of sp³-hybridized carbons (Fsp3) is 0.407. The molecule has 1 aromatic heterocycles. The molecule has 3 aromatic rings. The van der Waals surface area contributed by atoms with Crippen molar-refractivity contribution >= 4 is 16.7 Å². The first-order valence-electron chi connectivity index (χ1n) is 12.1. The Labute approximate surface area is 206 Å². The SMILES string of the molecule is CCOC(=O)C1(O)CC(Oc2nc(C3CCOCC3)c(-c3ccc(F)c(F)c3)c3cccc(O)c23)C1. The number of carbonyl (C=O) groups is 1.